The molecule has 0 aliphatic carbocycles. The Morgan fingerprint density at radius 2 is 1.46 bits per heavy atom. The third kappa shape index (κ3) is 22.0. The second-order valence-electron chi connectivity index (χ2n) is 17.1. The van der Waals surface area contributed by atoms with Gasteiger partial charge in [-0.2, -0.15) is 11.8 Å². The Morgan fingerprint density at radius 1 is 0.826 bits per heavy atom. The van der Waals surface area contributed by atoms with Gasteiger partial charge in [0.1, 0.15) is 42.0 Å². The molecule has 14 N–H and O–H groups in total. The van der Waals surface area contributed by atoms with Crippen LogP contribution in [-0.4, -0.2) is 156 Å². The Bertz CT molecular complexity index is 1970. The molecule has 25 heteroatoms. The molecular formula is C44H69N11O13S. The van der Waals surface area contributed by atoms with Crippen molar-refractivity contribution in [2.24, 2.45) is 29.0 Å². The van der Waals surface area contributed by atoms with Crippen LogP contribution in [0.5, 0.6) is 5.75 Å². The predicted molar refractivity (Wildman–Crippen MR) is 252 cm³/mol. The van der Waals surface area contributed by atoms with E-state index in [9.17, 15) is 57.8 Å². The third-order valence-electron chi connectivity index (χ3n) is 10.8. The molecule has 0 bridgehead atoms. The second kappa shape index (κ2) is 30.1. The number of hydrogen-bond acceptors (Lipinski definition) is 14. The summed E-state index contributed by atoms with van der Waals surface area (Å²) in [7, 11) is 1.35. The van der Waals surface area contributed by atoms with E-state index in [0.29, 0.717) is 12.0 Å². The number of ether oxygens (including phenoxy) is 1. The molecule has 11 amide bonds. The molecule has 384 valence electrons. The van der Waals surface area contributed by atoms with Crippen LogP contribution in [0.3, 0.4) is 0 Å². The summed E-state index contributed by atoms with van der Waals surface area (Å²) in [6.45, 7) is 5.62. The molecule has 1 aliphatic rings. The summed E-state index contributed by atoms with van der Waals surface area (Å²) in [5.74, 6) is -9.68. The predicted octanol–water partition coefficient (Wildman–Crippen LogP) is -3.32. The van der Waals surface area contributed by atoms with Crippen LogP contribution in [0.4, 0.5) is 0 Å². The van der Waals surface area contributed by atoms with Gasteiger partial charge in [0.2, 0.25) is 65.0 Å². The van der Waals surface area contributed by atoms with Crippen molar-refractivity contribution in [3.63, 3.8) is 0 Å². The number of thioether (sulfide) groups is 1. The van der Waals surface area contributed by atoms with Gasteiger partial charge in [-0.15, -0.1) is 0 Å². The lowest BCUT2D eigenvalue weighted by molar-refractivity contribution is -0.141. The Kier molecular flexibility index (Phi) is 25.6. The fourth-order valence-corrected chi connectivity index (χ4v) is 7.84. The van der Waals surface area contributed by atoms with E-state index in [1.165, 1.54) is 31.0 Å². The molecule has 0 aromatic heterocycles. The van der Waals surface area contributed by atoms with E-state index >= 15 is 0 Å². The quantitative estimate of drug-likeness (QED) is 0.0575. The average Bonchev–Trinajstić information content (AvgIpc) is 3.28. The summed E-state index contributed by atoms with van der Waals surface area (Å²) >= 11 is 1.20. The number of primary amides is 3. The summed E-state index contributed by atoms with van der Waals surface area (Å²) in [4.78, 5) is 147. The van der Waals surface area contributed by atoms with Gasteiger partial charge in [0.25, 0.3) is 0 Å². The highest BCUT2D eigenvalue weighted by atomic mass is 32.2. The fourth-order valence-electron chi connectivity index (χ4n) is 6.90. The molecule has 1 saturated heterocycles. The monoisotopic (exact) mass is 991 g/mol. The van der Waals surface area contributed by atoms with E-state index < -0.39 is 139 Å². The van der Waals surface area contributed by atoms with Crippen LogP contribution in [0, 0.1) is 11.8 Å². The molecule has 1 aromatic carbocycles. The van der Waals surface area contributed by atoms with Gasteiger partial charge >= 0.3 is 0 Å². The zero-order valence-corrected chi connectivity index (χ0v) is 40.6. The van der Waals surface area contributed by atoms with Crippen LogP contribution in [0.15, 0.2) is 24.3 Å². The Morgan fingerprint density at radius 3 is 2.06 bits per heavy atom. The van der Waals surface area contributed by atoms with Crippen molar-refractivity contribution in [1.29, 1.82) is 0 Å². The number of methoxy groups -OCH3 is 1. The maximum Gasteiger partial charge on any atom is 0.245 e. The molecule has 7 atom stereocenters. The highest BCUT2D eigenvalue weighted by Gasteiger charge is 2.36. The van der Waals surface area contributed by atoms with Crippen molar-refractivity contribution >= 4 is 76.7 Å². The Hall–Kier alpha value is -6.50. The highest BCUT2D eigenvalue weighted by molar-refractivity contribution is 7.99. The lowest BCUT2D eigenvalue weighted by atomic mass is 9.96. The molecule has 1 aliphatic heterocycles. The first-order valence-corrected chi connectivity index (χ1v) is 23.8. The van der Waals surface area contributed by atoms with Gasteiger partial charge in [0, 0.05) is 38.7 Å². The fraction of sp³-hybridized carbons (Fsp3) is 0.614. The lowest BCUT2D eigenvalue weighted by Crippen LogP contribution is -2.61. The summed E-state index contributed by atoms with van der Waals surface area (Å²) in [6.07, 6.45) is -1.41. The average molecular weight is 992 g/mol. The molecular weight excluding hydrogens is 923 g/mol. The summed E-state index contributed by atoms with van der Waals surface area (Å²) in [5.41, 5.74) is 16.6. The standard InChI is InChI=1S/C44H69N11O13S/c1-6-25(4)38-43(66)51-28(11-12-33(45)57)40(63)53-32(21-34(46)58)41(64)52-29(13-17-69-18-14-36(60)49-31(42(65)54-38)20-26-7-9-27(56)10-8-26)44(67)55(15-16-68-5)23-37(61)50-30(19-24(2)3)39(62)48-22-35(47)59/h7-10,24-25,28-32,38,56H,6,11-23H2,1-5H3,(H2,45,57)(H2,46,58)(H2,47,59)(H,48,62)(H,49,60)(H,50,61)(H,51,66)(H,52,64)(H,53,63)(H,54,65)/t25-,28-,29-,30-,31-,32-,38-/m0/s1. The van der Waals surface area contributed by atoms with E-state index in [2.05, 4.69) is 37.2 Å². The molecule has 0 radical (unpaired) electrons. The molecule has 2 rings (SSSR count). The number of carbonyl (C=O) groups is 11. The SMILES string of the molecule is CC[C@H](C)[C@@H]1NC(=O)[C@H](Cc2ccc(O)cc2)NC(=O)CCSCC[C@@H](C(=O)N(CCOC)CC(=O)N[C@@H](CC(C)C)C(=O)NCC(N)=O)NC(=O)[C@H](CC(N)=O)NC(=O)[C@H](CCC(N)=O)NC1=O. The minimum absolute atomic E-state index is 0.0302. The van der Waals surface area contributed by atoms with Crippen molar-refractivity contribution in [2.75, 3.05) is 44.9 Å². The number of rotatable bonds is 21. The van der Waals surface area contributed by atoms with E-state index in [0.717, 1.165) is 4.90 Å². The van der Waals surface area contributed by atoms with Crippen molar-refractivity contribution in [1.82, 2.24) is 42.1 Å². The normalized spacial score (nSPS) is 20.9. The number of phenols is 1. The van der Waals surface area contributed by atoms with Crippen LogP contribution in [0.25, 0.3) is 0 Å². The number of aromatic hydroxyl groups is 1. The maximum absolute atomic E-state index is 14.4. The van der Waals surface area contributed by atoms with Crippen molar-refractivity contribution in [2.45, 2.75) is 115 Å². The zero-order valence-electron chi connectivity index (χ0n) is 39.8. The van der Waals surface area contributed by atoms with Crippen LogP contribution < -0.4 is 54.4 Å². The highest BCUT2D eigenvalue weighted by Crippen LogP contribution is 2.16. The van der Waals surface area contributed by atoms with E-state index in [4.69, 9.17) is 21.9 Å². The smallest absolute Gasteiger partial charge is 0.245 e. The number of nitrogens with one attached hydrogen (secondary N) is 7. The van der Waals surface area contributed by atoms with Gasteiger partial charge < -0.3 is 69.2 Å². The van der Waals surface area contributed by atoms with Gasteiger partial charge in [-0.3, -0.25) is 52.7 Å². The van der Waals surface area contributed by atoms with Gasteiger partial charge in [0.15, 0.2) is 0 Å². The molecule has 0 saturated carbocycles. The molecule has 1 heterocycles. The van der Waals surface area contributed by atoms with E-state index in [1.54, 1.807) is 39.8 Å². The minimum Gasteiger partial charge on any atom is -0.508 e. The molecule has 69 heavy (non-hydrogen) atoms. The molecule has 0 unspecified atom stereocenters. The number of nitrogens with zero attached hydrogens (tertiary/aromatic N) is 1. The number of benzene rings is 1. The van der Waals surface area contributed by atoms with Crippen molar-refractivity contribution in [3.05, 3.63) is 29.8 Å². The van der Waals surface area contributed by atoms with E-state index in [-0.39, 0.29) is 62.0 Å². The van der Waals surface area contributed by atoms with Gasteiger partial charge in [0.05, 0.1) is 26.1 Å². The number of amides is 11. The lowest BCUT2D eigenvalue weighted by Gasteiger charge is -2.30. The van der Waals surface area contributed by atoms with Gasteiger partial charge in [-0.25, -0.2) is 0 Å². The largest absolute Gasteiger partial charge is 0.508 e. The second-order valence-corrected chi connectivity index (χ2v) is 18.3. The van der Waals surface area contributed by atoms with Gasteiger partial charge in [-0.1, -0.05) is 46.2 Å². The zero-order chi connectivity index (χ0) is 51.8. The Balaban J connectivity index is 2.63. The topological polar surface area (TPSA) is 383 Å². The van der Waals surface area contributed by atoms with Crippen LogP contribution >= 0.6 is 11.8 Å². The number of hydrogen-bond donors (Lipinski definition) is 11. The third-order valence-corrected chi connectivity index (χ3v) is 11.8. The van der Waals surface area contributed by atoms with Gasteiger partial charge in [-0.05, 0) is 54.5 Å². The number of nitrogens with two attached hydrogens (primary N) is 3. The first-order chi connectivity index (χ1) is 32.5. The molecule has 1 fully saturated rings. The van der Waals surface area contributed by atoms with Crippen LogP contribution in [0.1, 0.15) is 78.2 Å². The van der Waals surface area contributed by atoms with Crippen molar-refractivity contribution in [3.8, 4) is 5.75 Å². The minimum atomic E-state index is -1.75. The first-order valence-electron chi connectivity index (χ1n) is 22.6. The van der Waals surface area contributed by atoms with E-state index in [1.807, 2.05) is 0 Å². The first kappa shape index (κ1) is 58.6. The van der Waals surface area contributed by atoms with Crippen LogP contribution in [-0.2, 0) is 63.9 Å². The summed E-state index contributed by atoms with van der Waals surface area (Å²) < 4.78 is 5.19. The number of carbonyl (C=O) groups excluding carboxylic acids is 11. The summed E-state index contributed by atoms with van der Waals surface area (Å²) in [6, 6.07) is -2.50. The molecule has 0 spiro atoms. The number of phenolic OH excluding ortho intramolecular Hbond substituents is 1. The Labute approximate surface area is 405 Å². The maximum atomic E-state index is 14.4. The molecule has 24 nitrogen and oxygen atoms in total. The molecule has 1 aromatic rings. The van der Waals surface area contributed by atoms with Crippen molar-refractivity contribution < 1.29 is 62.6 Å². The summed E-state index contributed by atoms with van der Waals surface area (Å²) in [5, 5.41) is 27.7. The van der Waals surface area contributed by atoms with Crippen LogP contribution in [0.2, 0.25) is 0 Å².